The summed E-state index contributed by atoms with van der Waals surface area (Å²) in [5.41, 5.74) is 2.33. The van der Waals surface area contributed by atoms with Gasteiger partial charge in [0.05, 0.1) is 9.79 Å². The Bertz CT molecular complexity index is 1500. The van der Waals surface area contributed by atoms with Gasteiger partial charge in [-0.1, -0.05) is 18.2 Å². The van der Waals surface area contributed by atoms with Crippen LogP contribution in [0.15, 0.2) is 88.9 Å². The van der Waals surface area contributed by atoms with E-state index in [-0.39, 0.29) is 15.7 Å². The van der Waals surface area contributed by atoms with Crippen molar-refractivity contribution in [2.75, 3.05) is 44.4 Å². The molecule has 11 heteroatoms. The summed E-state index contributed by atoms with van der Waals surface area (Å²) in [5.74, 6) is -0.308. The molecule has 3 aromatic rings. The van der Waals surface area contributed by atoms with Crippen molar-refractivity contribution in [3.8, 4) is 0 Å². The zero-order valence-electron chi connectivity index (χ0n) is 21.3. The third-order valence-corrected chi connectivity index (χ3v) is 9.42. The van der Waals surface area contributed by atoms with Crippen LogP contribution < -0.4 is 4.90 Å². The van der Waals surface area contributed by atoms with Gasteiger partial charge < -0.3 is 4.90 Å². The first-order chi connectivity index (χ1) is 18.0. The van der Waals surface area contributed by atoms with E-state index in [1.54, 1.807) is 43.6 Å². The van der Waals surface area contributed by atoms with E-state index in [1.807, 2.05) is 18.3 Å². The predicted molar refractivity (Wildman–Crippen MR) is 147 cm³/mol. The lowest BCUT2D eigenvalue weighted by molar-refractivity contribution is -0.113. The van der Waals surface area contributed by atoms with Gasteiger partial charge in [0.1, 0.15) is 0 Å². The number of anilines is 1. The van der Waals surface area contributed by atoms with Crippen LogP contribution in [0.3, 0.4) is 0 Å². The molecule has 1 saturated heterocycles. The van der Waals surface area contributed by atoms with Gasteiger partial charge in [0, 0.05) is 70.2 Å². The highest BCUT2D eigenvalue weighted by molar-refractivity contribution is 7.90. The summed E-state index contributed by atoms with van der Waals surface area (Å²) in [5, 5.41) is 0. The maximum atomic E-state index is 13.2. The topological polar surface area (TPSA) is 108 Å². The van der Waals surface area contributed by atoms with Gasteiger partial charge in [0.2, 0.25) is 10.0 Å². The molecule has 1 aliphatic heterocycles. The Labute approximate surface area is 224 Å². The lowest BCUT2D eigenvalue weighted by atomic mass is 10.2. The molecule has 0 atom stereocenters. The molecule has 0 unspecified atom stereocenters. The third kappa shape index (κ3) is 6.73. The molecule has 1 aromatic heterocycles. The van der Waals surface area contributed by atoms with E-state index >= 15 is 0 Å². The predicted octanol–water partition coefficient (Wildman–Crippen LogP) is 2.67. The van der Waals surface area contributed by atoms with E-state index in [0.717, 1.165) is 18.4 Å². The summed E-state index contributed by atoms with van der Waals surface area (Å²) in [6.45, 7) is 2.80. The van der Waals surface area contributed by atoms with E-state index in [2.05, 4.69) is 9.88 Å². The number of carbonyl (C=O) groups excluding carboxylic acids is 1. The standard InChI is InChI=1S/C27H30N4O5S2/c1-29(27(32)14-7-22-5-10-25(11-6-22)37(2,33)34)24-8-12-26(13-9-24)38(35,36)31-18-16-30(17-19-31)21-23-4-3-15-28-20-23/h3-15,20H,16-19,21H2,1-2H3/b14-7+. The first-order valence-corrected chi connectivity index (χ1v) is 15.3. The number of aromatic nitrogens is 1. The Balaban J connectivity index is 1.35. The molecule has 2 aromatic carbocycles. The summed E-state index contributed by atoms with van der Waals surface area (Å²) in [7, 11) is -5.33. The van der Waals surface area contributed by atoms with Crippen LogP contribution in [0.5, 0.6) is 0 Å². The van der Waals surface area contributed by atoms with Gasteiger partial charge >= 0.3 is 0 Å². The van der Waals surface area contributed by atoms with Crippen LogP contribution in [-0.2, 0) is 31.2 Å². The van der Waals surface area contributed by atoms with Crippen molar-refractivity contribution in [2.45, 2.75) is 16.3 Å². The van der Waals surface area contributed by atoms with Gasteiger partial charge in [-0.3, -0.25) is 14.7 Å². The van der Waals surface area contributed by atoms with Crippen molar-refractivity contribution in [2.24, 2.45) is 0 Å². The number of pyridine rings is 1. The molecule has 9 nitrogen and oxygen atoms in total. The SMILES string of the molecule is CN(C(=O)/C=C/c1ccc(S(C)(=O)=O)cc1)c1ccc(S(=O)(=O)N2CCN(Cc3cccnc3)CC2)cc1. The van der Waals surface area contributed by atoms with Crippen molar-refractivity contribution in [3.05, 3.63) is 90.3 Å². The first kappa shape index (κ1) is 27.6. The van der Waals surface area contributed by atoms with Crippen LogP contribution in [-0.4, -0.2) is 76.4 Å². The minimum absolute atomic E-state index is 0.185. The summed E-state index contributed by atoms with van der Waals surface area (Å²) in [6.07, 6.45) is 7.66. The molecule has 2 heterocycles. The second kappa shape index (κ2) is 11.6. The number of amides is 1. The minimum atomic E-state index is -3.65. The van der Waals surface area contributed by atoms with Crippen molar-refractivity contribution >= 4 is 37.5 Å². The second-order valence-electron chi connectivity index (χ2n) is 9.11. The maximum absolute atomic E-state index is 13.2. The maximum Gasteiger partial charge on any atom is 0.250 e. The van der Waals surface area contributed by atoms with Gasteiger partial charge in [-0.15, -0.1) is 0 Å². The van der Waals surface area contributed by atoms with Gasteiger partial charge in [-0.05, 0) is 59.7 Å². The van der Waals surface area contributed by atoms with Crippen molar-refractivity contribution < 1.29 is 21.6 Å². The van der Waals surface area contributed by atoms with E-state index < -0.39 is 19.9 Å². The number of hydrogen-bond donors (Lipinski definition) is 0. The molecule has 0 bridgehead atoms. The van der Waals surface area contributed by atoms with E-state index in [1.165, 1.54) is 39.5 Å². The minimum Gasteiger partial charge on any atom is -0.312 e. The molecule has 0 N–H and O–H groups in total. The average molecular weight is 555 g/mol. The fourth-order valence-corrected chi connectivity index (χ4v) is 6.15. The zero-order valence-corrected chi connectivity index (χ0v) is 22.9. The molecule has 1 aliphatic rings. The van der Waals surface area contributed by atoms with E-state index in [0.29, 0.717) is 37.4 Å². The number of sulfone groups is 1. The summed E-state index contributed by atoms with van der Waals surface area (Å²) >= 11 is 0. The van der Waals surface area contributed by atoms with Gasteiger partial charge in [-0.2, -0.15) is 4.31 Å². The number of nitrogens with zero attached hydrogens (tertiary/aromatic N) is 4. The molecule has 200 valence electrons. The monoisotopic (exact) mass is 554 g/mol. The first-order valence-electron chi connectivity index (χ1n) is 12.0. The van der Waals surface area contributed by atoms with Gasteiger partial charge in [0.15, 0.2) is 9.84 Å². The summed E-state index contributed by atoms with van der Waals surface area (Å²) in [4.78, 5) is 20.8. The largest absolute Gasteiger partial charge is 0.312 e. The molecule has 0 spiro atoms. The Morgan fingerprint density at radius 1 is 0.921 bits per heavy atom. The summed E-state index contributed by atoms with van der Waals surface area (Å²) < 4.78 is 51.0. The Morgan fingerprint density at radius 3 is 2.13 bits per heavy atom. The average Bonchev–Trinajstić information content (AvgIpc) is 2.92. The molecule has 4 rings (SSSR count). The summed E-state index contributed by atoms with van der Waals surface area (Å²) in [6, 6.07) is 16.4. The molecule has 0 aliphatic carbocycles. The van der Waals surface area contributed by atoms with E-state index in [4.69, 9.17) is 0 Å². The number of likely N-dealkylation sites (N-methyl/N-ethyl adjacent to an activating group) is 1. The molecule has 0 saturated carbocycles. The van der Waals surface area contributed by atoms with Crippen molar-refractivity contribution in [1.29, 1.82) is 0 Å². The number of carbonyl (C=O) groups is 1. The molecule has 1 amide bonds. The van der Waals surface area contributed by atoms with Crippen molar-refractivity contribution in [3.63, 3.8) is 0 Å². The lowest BCUT2D eigenvalue weighted by Crippen LogP contribution is -2.48. The van der Waals surface area contributed by atoms with Gasteiger partial charge in [0.25, 0.3) is 5.91 Å². The second-order valence-corrected chi connectivity index (χ2v) is 13.1. The normalized spacial score (nSPS) is 15.5. The fourth-order valence-electron chi connectivity index (χ4n) is 4.10. The highest BCUT2D eigenvalue weighted by Gasteiger charge is 2.28. The van der Waals surface area contributed by atoms with E-state index in [9.17, 15) is 21.6 Å². The molecule has 1 fully saturated rings. The highest BCUT2D eigenvalue weighted by atomic mass is 32.2. The van der Waals surface area contributed by atoms with Crippen LogP contribution in [0.1, 0.15) is 11.1 Å². The van der Waals surface area contributed by atoms with Gasteiger partial charge in [-0.25, -0.2) is 16.8 Å². The van der Waals surface area contributed by atoms with Crippen LogP contribution in [0, 0.1) is 0 Å². The third-order valence-electron chi connectivity index (χ3n) is 6.38. The molecular formula is C27H30N4O5S2. The number of sulfonamides is 1. The molecule has 0 radical (unpaired) electrons. The Kier molecular flexibility index (Phi) is 8.41. The number of piperazine rings is 1. The van der Waals surface area contributed by atoms with Crippen LogP contribution in [0.2, 0.25) is 0 Å². The van der Waals surface area contributed by atoms with Crippen LogP contribution in [0.4, 0.5) is 5.69 Å². The fraction of sp³-hybridized carbons (Fsp3) is 0.259. The van der Waals surface area contributed by atoms with Crippen molar-refractivity contribution in [1.82, 2.24) is 14.2 Å². The smallest absolute Gasteiger partial charge is 0.250 e. The molecular weight excluding hydrogens is 524 g/mol. The quantitative estimate of drug-likeness (QED) is 0.394. The zero-order chi connectivity index (χ0) is 27.3. The highest BCUT2D eigenvalue weighted by Crippen LogP contribution is 2.22. The Morgan fingerprint density at radius 2 is 1.55 bits per heavy atom. The number of benzene rings is 2. The van der Waals surface area contributed by atoms with Crippen LogP contribution >= 0.6 is 0 Å². The number of rotatable bonds is 8. The Hall–Kier alpha value is -3.38. The van der Waals surface area contributed by atoms with Crippen LogP contribution in [0.25, 0.3) is 6.08 Å². The molecule has 38 heavy (non-hydrogen) atoms. The number of hydrogen-bond acceptors (Lipinski definition) is 7. The lowest BCUT2D eigenvalue weighted by Gasteiger charge is -2.34.